The molecule has 20 heavy (non-hydrogen) atoms. The number of rotatable bonds is 6. The second-order valence-electron chi connectivity index (χ2n) is 4.51. The number of hydrazine groups is 1. The molecule has 3 N–H and O–H groups in total. The fourth-order valence-electron chi connectivity index (χ4n) is 1.79. The summed E-state index contributed by atoms with van der Waals surface area (Å²) in [6.45, 7) is 3.64. The number of carbonyl (C=O) groups excluding carboxylic acids is 1. The van der Waals surface area contributed by atoms with E-state index in [2.05, 4.69) is 46.7 Å². The van der Waals surface area contributed by atoms with Gasteiger partial charge >= 0.3 is 0 Å². The van der Waals surface area contributed by atoms with Gasteiger partial charge in [0.2, 0.25) is 0 Å². The molecule has 2 rings (SSSR count). The highest BCUT2D eigenvalue weighted by atomic mass is 32.1. The van der Waals surface area contributed by atoms with Gasteiger partial charge in [-0.1, -0.05) is 11.3 Å². The number of nitrogen functional groups attached to an aromatic ring is 1. The Bertz CT molecular complexity index is 552. The molecule has 0 saturated carbocycles. The molecule has 2 aromatic rings. The highest BCUT2D eigenvalue weighted by molar-refractivity contribution is 7.10. The number of nitrogens with zero attached hydrogens (tertiary/aromatic N) is 4. The summed E-state index contributed by atoms with van der Waals surface area (Å²) in [6, 6.07) is 4.54. The number of carbonyl (C=O) groups is 1. The van der Waals surface area contributed by atoms with Crippen LogP contribution in [0.2, 0.25) is 0 Å². The van der Waals surface area contributed by atoms with Gasteiger partial charge in [0.15, 0.2) is 5.69 Å². The Hall–Kier alpha value is -1.77. The average Bonchev–Trinajstić information content (AvgIpc) is 3.13. The Labute approximate surface area is 121 Å². The molecule has 1 amide bonds. The standard InChI is InChI=1S/C12H18N6OS/c1-9(11-4-3-7-20-11)17(2)5-6-18-8-10(15-16-18)12(19)14-13/h3-4,7-9H,5-6,13H2,1-2H3,(H,14,19). The van der Waals surface area contributed by atoms with Gasteiger partial charge in [-0.3, -0.25) is 19.8 Å². The van der Waals surface area contributed by atoms with Crippen molar-refractivity contribution in [2.45, 2.75) is 19.5 Å². The topological polar surface area (TPSA) is 89.1 Å². The lowest BCUT2D eigenvalue weighted by atomic mass is 10.2. The van der Waals surface area contributed by atoms with Crippen LogP contribution in [0.1, 0.15) is 28.3 Å². The maximum Gasteiger partial charge on any atom is 0.287 e. The molecule has 7 nitrogen and oxygen atoms in total. The number of amides is 1. The van der Waals surface area contributed by atoms with Gasteiger partial charge in [-0.15, -0.1) is 16.4 Å². The van der Waals surface area contributed by atoms with Gasteiger partial charge in [-0.25, -0.2) is 5.84 Å². The van der Waals surface area contributed by atoms with Crippen LogP contribution in [0, 0.1) is 0 Å². The molecule has 0 saturated heterocycles. The van der Waals surface area contributed by atoms with Crippen molar-refractivity contribution in [2.75, 3.05) is 13.6 Å². The highest BCUT2D eigenvalue weighted by Crippen LogP contribution is 2.22. The third-order valence-electron chi connectivity index (χ3n) is 3.20. The first-order chi connectivity index (χ1) is 9.61. The monoisotopic (exact) mass is 294 g/mol. The Morgan fingerprint density at radius 3 is 3.10 bits per heavy atom. The number of hydrogen-bond donors (Lipinski definition) is 2. The van der Waals surface area contributed by atoms with E-state index >= 15 is 0 Å². The van der Waals surface area contributed by atoms with Gasteiger partial charge in [0.1, 0.15) is 0 Å². The van der Waals surface area contributed by atoms with Crippen LogP contribution in [0.5, 0.6) is 0 Å². The third kappa shape index (κ3) is 3.41. The molecule has 0 fully saturated rings. The Morgan fingerprint density at radius 1 is 1.65 bits per heavy atom. The van der Waals surface area contributed by atoms with E-state index in [1.807, 2.05) is 5.43 Å². The fourth-order valence-corrected chi connectivity index (χ4v) is 2.63. The van der Waals surface area contributed by atoms with Crippen LogP contribution < -0.4 is 11.3 Å². The molecule has 108 valence electrons. The van der Waals surface area contributed by atoms with Crippen molar-refractivity contribution < 1.29 is 4.79 Å². The van der Waals surface area contributed by atoms with Crippen molar-refractivity contribution in [1.82, 2.24) is 25.3 Å². The van der Waals surface area contributed by atoms with Crippen LogP contribution in [0.4, 0.5) is 0 Å². The molecule has 0 aromatic carbocycles. The van der Waals surface area contributed by atoms with Crippen molar-refractivity contribution in [3.05, 3.63) is 34.3 Å². The summed E-state index contributed by atoms with van der Waals surface area (Å²) in [5, 5.41) is 9.75. The zero-order chi connectivity index (χ0) is 14.5. The summed E-state index contributed by atoms with van der Waals surface area (Å²) in [4.78, 5) is 14.8. The minimum Gasteiger partial charge on any atom is -0.297 e. The van der Waals surface area contributed by atoms with E-state index in [4.69, 9.17) is 5.84 Å². The molecule has 0 spiro atoms. The number of aromatic nitrogens is 3. The van der Waals surface area contributed by atoms with Crippen molar-refractivity contribution in [3.63, 3.8) is 0 Å². The molecular weight excluding hydrogens is 276 g/mol. The van der Waals surface area contributed by atoms with Crippen LogP contribution in [0.15, 0.2) is 23.7 Å². The minimum atomic E-state index is -0.434. The van der Waals surface area contributed by atoms with E-state index in [1.54, 1.807) is 22.2 Å². The van der Waals surface area contributed by atoms with Gasteiger partial charge in [0.05, 0.1) is 12.7 Å². The summed E-state index contributed by atoms with van der Waals surface area (Å²) in [6.07, 6.45) is 1.59. The molecule has 0 aliphatic heterocycles. The zero-order valence-corrected chi connectivity index (χ0v) is 12.3. The van der Waals surface area contributed by atoms with E-state index in [0.29, 0.717) is 12.6 Å². The lowest BCUT2D eigenvalue weighted by Gasteiger charge is -2.23. The van der Waals surface area contributed by atoms with Crippen LogP contribution in [-0.4, -0.2) is 39.4 Å². The molecule has 0 aliphatic rings. The molecule has 0 aliphatic carbocycles. The first-order valence-corrected chi connectivity index (χ1v) is 7.14. The highest BCUT2D eigenvalue weighted by Gasteiger charge is 2.13. The lowest BCUT2D eigenvalue weighted by Crippen LogP contribution is -2.30. The quantitative estimate of drug-likeness (QED) is 0.463. The molecule has 2 aromatic heterocycles. The molecule has 0 bridgehead atoms. The van der Waals surface area contributed by atoms with Crippen molar-refractivity contribution in [2.24, 2.45) is 5.84 Å². The van der Waals surface area contributed by atoms with Crippen molar-refractivity contribution >= 4 is 17.2 Å². The first-order valence-electron chi connectivity index (χ1n) is 6.26. The second kappa shape index (κ2) is 6.60. The van der Waals surface area contributed by atoms with Gasteiger partial charge in [0, 0.05) is 17.5 Å². The predicted octanol–water partition coefficient (Wildman–Crippen LogP) is 0.636. The number of nitrogens with two attached hydrogens (primary N) is 1. The molecule has 0 radical (unpaired) electrons. The van der Waals surface area contributed by atoms with Crippen LogP contribution in [-0.2, 0) is 6.54 Å². The maximum absolute atomic E-state index is 11.3. The smallest absolute Gasteiger partial charge is 0.287 e. The van der Waals surface area contributed by atoms with Gasteiger partial charge < -0.3 is 0 Å². The zero-order valence-electron chi connectivity index (χ0n) is 11.5. The van der Waals surface area contributed by atoms with Crippen LogP contribution >= 0.6 is 11.3 Å². The first kappa shape index (κ1) is 14.6. The largest absolute Gasteiger partial charge is 0.297 e. The van der Waals surface area contributed by atoms with Gasteiger partial charge in [-0.2, -0.15) is 0 Å². The molecule has 8 heteroatoms. The molecule has 2 heterocycles. The van der Waals surface area contributed by atoms with Crippen molar-refractivity contribution in [1.29, 1.82) is 0 Å². The van der Waals surface area contributed by atoms with E-state index in [9.17, 15) is 4.79 Å². The van der Waals surface area contributed by atoms with Gasteiger partial charge in [-0.05, 0) is 25.4 Å². The number of nitrogens with one attached hydrogen (secondary N) is 1. The Morgan fingerprint density at radius 2 is 2.45 bits per heavy atom. The van der Waals surface area contributed by atoms with Crippen LogP contribution in [0.25, 0.3) is 0 Å². The summed E-state index contributed by atoms with van der Waals surface area (Å²) in [5.41, 5.74) is 2.26. The summed E-state index contributed by atoms with van der Waals surface area (Å²) < 4.78 is 1.64. The van der Waals surface area contributed by atoms with Crippen molar-refractivity contribution in [3.8, 4) is 0 Å². The van der Waals surface area contributed by atoms with Crippen LogP contribution in [0.3, 0.4) is 0 Å². The second-order valence-corrected chi connectivity index (χ2v) is 5.49. The molecule has 1 unspecified atom stereocenters. The van der Waals surface area contributed by atoms with Gasteiger partial charge in [0.25, 0.3) is 5.91 Å². The summed E-state index contributed by atoms with van der Waals surface area (Å²) in [7, 11) is 2.06. The fraction of sp³-hybridized carbons (Fsp3) is 0.417. The number of thiophene rings is 1. The normalized spacial score (nSPS) is 12.6. The lowest BCUT2D eigenvalue weighted by molar-refractivity contribution is 0.0948. The third-order valence-corrected chi connectivity index (χ3v) is 4.24. The molecular formula is C12H18N6OS. The Balaban J connectivity index is 1.88. The van der Waals surface area contributed by atoms with E-state index in [-0.39, 0.29) is 5.69 Å². The predicted molar refractivity (Wildman–Crippen MR) is 77.0 cm³/mol. The summed E-state index contributed by atoms with van der Waals surface area (Å²) in [5.74, 6) is 4.61. The maximum atomic E-state index is 11.3. The van der Waals surface area contributed by atoms with E-state index in [0.717, 1.165) is 6.54 Å². The average molecular weight is 294 g/mol. The summed E-state index contributed by atoms with van der Waals surface area (Å²) >= 11 is 1.75. The number of hydrogen-bond acceptors (Lipinski definition) is 6. The minimum absolute atomic E-state index is 0.224. The molecule has 1 atom stereocenters. The van der Waals surface area contributed by atoms with E-state index < -0.39 is 5.91 Å². The van der Waals surface area contributed by atoms with E-state index in [1.165, 1.54) is 4.88 Å². The number of likely N-dealkylation sites (N-methyl/N-ethyl adjacent to an activating group) is 1. The SMILES string of the molecule is CC(c1cccs1)N(C)CCn1cc(C(=O)NN)nn1. The Kier molecular flexibility index (Phi) is 4.83.